The highest BCUT2D eigenvalue weighted by molar-refractivity contribution is 5.82. The van der Waals surface area contributed by atoms with Crippen molar-refractivity contribution in [2.45, 2.75) is 38.1 Å². The van der Waals surface area contributed by atoms with Gasteiger partial charge in [-0.2, -0.15) is 0 Å². The number of hydrogen-bond donors (Lipinski definition) is 1. The summed E-state index contributed by atoms with van der Waals surface area (Å²) in [4.78, 5) is 0. The molecule has 2 aromatic carbocycles. The summed E-state index contributed by atoms with van der Waals surface area (Å²) in [6, 6.07) is 16.2. The molecule has 1 heterocycles. The van der Waals surface area contributed by atoms with E-state index in [4.69, 9.17) is 0 Å². The van der Waals surface area contributed by atoms with E-state index in [-0.39, 0.29) is 0 Å². The summed E-state index contributed by atoms with van der Waals surface area (Å²) in [6.45, 7) is 1.21. The molecule has 3 rings (SSSR count). The predicted octanol–water partition coefficient (Wildman–Crippen LogP) is 3.91. The van der Waals surface area contributed by atoms with Gasteiger partial charge >= 0.3 is 0 Å². The van der Waals surface area contributed by atoms with Crippen molar-refractivity contribution in [3.63, 3.8) is 0 Å². The number of fused-ring (bicyclic) bond motifs is 1. The lowest BCUT2D eigenvalue weighted by molar-refractivity contribution is 0.383. The molecule has 0 spiro atoms. The van der Waals surface area contributed by atoms with Gasteiger partial charge in [0.25, 0.3) is 0 Å². The maximum atomic E-state index is 3.63. The van der Waals surface area contributed by atoms with Crippen LogP contribution in [0.15, 0.2) is 42.5 Å². The molecule has 1 fully saturated rings. The lowest BCUT2D eigenvalue weighted by atomic mass is 9.97. The highest BCUT2D eigenvalue weighted by atomic mass is 14.9. The van der Waals surface area contributed by atoms with Crippen molar-refractivity contribution in [3.05, 3.63) is 48.0 Å². The molecule has 1 nitrogen and oxygen atoms in total. The first-order valence-corrected chi connectivity index (χ1v) is 7.13. The van der Waals surface area contributed by atoms with E-state index >= 15 is 0 Å². The van der Waals surface area contributed by atoms with Crippen molar-refractivity contribution in [2.24, 2.45) is 0 Å². The Morgan fingerprint density at radius 1 is 1.00 bits per heavy atom. The van der Waals surface area contributed by atoms with E-state index in [1.807, 2.05) is 0 Å². The zero-order chi connectivity index (χ0) is 12.2. The Kier molecular flexibility index (Phi) is 3.61. The molecule has 1 atom stereocenters. The first kappa shape index (κ1) is 11.7. The van der Waals surface area contributed by atoms with Crippen molar-refractivity contribution in [2.75, 3.05) is 6.54 Å². The molecule has 1 heteroatoms. The van der Waals surface area contributed by atoms with Crippen molar-refractivity contribution in [3.8, 4) is 0 Å². The molecule has 1 unspecified atom stereocenters. The van der Waals surface area contributed by atoms with Crippen LogP contribution in [0, 0.1) is 0 Å². The van der Waals surface area contributed by atoms with Crippen LogP contribution in [0.1, 0.15) is 31.2 Å². The van der Waals surface area contributed by atoms with E-state index in [1.54, 1.807) is 0 Å². The summed E-state index contributed by atoms with van der Waals surface area (Å²) >= 11 is 0. The van der Waals surface area contributed by atoms with E-state index in [0.29, 0.717) is 0 Å². The second-order valence-electron chi connectivity index (χ2n) is 5.37. The smallest absolute Gasteiger partial charge is 0.00702 e. The SMILES string of the molecule is c1ccc2cc(CCC3CCCCN3)ccc2c1. The van der Waals surface area contributed by atoms with Gasteiger partial charge in [0.2, 0.25) is 0 Å². The minimum atomic E-state index is 0.741. The van der Waals surface area contributed by atoms with Gasteiger partial charge in [0.15, 0.2) is 0 Å². The van der Waals surface area contributed by atoms with Gasteiger partial charge in [-0.05, 0) is 48.6 Å². The number of nitrogens with one attached hydrogen (secondary N) is 1. The third kappa shape index (κ3) is 2.73. The molecule has 1 N–H and O–H groups in total. The lowest BCUT2D eigenvalue weighted by Crippen LogP contribution is -2.34. The average molecular weight is 239 g/mol. The lowest BCUT2D eigenvalue weighted by Gasteiger charge is -2.23. The fourth-order valence-electron chi connectivity index (χ4n) is 2.91. The molecular formula is C17H21N. The van der Waals surface area contributed by atoms with E-state index < -0.39 is 0 Å². The van der Waals surface area contributed by atoms with E-state index in [2.05, 4.69) is 47.8 Å². The molecule has 0 aromatic heterocycles. The highest BCUT2D eigenvalue weighted by Crippen LogP contribution is 2.18. The highest BCUT2D eigenvalue weighted by Gasteiger charge is 2.11. The van der Waals surface area contributed by atoms with Crippen molar-refractivity contribution in [1.82, 2.24) is 5.32 Å². The molecule has 0 amide bonds. The number of rotatable bonds is 3. The van der Waals surface area contributed by atoms with Crippen LogP contribution in [-0.4, -0.2) is 12.6 Å². The van der Waals surface area contributed by atoms with Crippen LogP contribution < -0.4 is 5.32 Å². The van der Waals surface area contributed by atoms with Crippen LogP contribution in [0.4, 0.5) is 0 Å². The van der Waals surface area contributed by atoms with Gasteiger partial charge in [0, 0.05) is 6.04 Å². The van der Waals surface area contributed by atoms with Gasteiger partial charge in [-0.3, -0.25) is 0 Å². The average Bonchev–Trinajstić information content (AvgIpc) is 2.46. The van der Waals surface area contributed by atoms with Gasteiger partial charge in [-0.1, -0.05) is 48.9 Å². The Bertz CT molecular complexity index is 512. The van der Waals surface area contributed by atoms with Crippen molar-refractivity contribution in [1.29, 1.82) is 0 Å². The Hall–Kier alpha value is -1.34. The van der Waals surface area contributed by atoms with Gasteiger partial charge in [0.05, 0.1) is 0 Å². The summed E-state index contributed by atoms with van der Waals surface area (Å²) < 4.78 is 0. The molecule has 1 saturated heterocycles. The van der Waals surface area contributed by atoms with Crippen LogP contribution in [0.25, 0.3) is 10.8 Å². The Morgan fingerprint density at radius 2 is 1.89 bits per heavy atom. The van der Waals surface area contributed by atoms with Gasteiger partial charge in [-0.15, -0.1) is 0 Å². The van der Waals surface area contributed by atoms with Crippen LogP contribution in [0.5, 0.6) is 0 Å². The van der Waals surface area contributed by atoms with E-state index in [0.717, 1.165) is 6.04 Å². The third-order valence-corrected chi connectivity index (χ3v) is 4.01. The van der Waals surface area contributed by atoms with Gasteiger partial charge in [-0.25, -0.2) is 0 Å². The van der Waals surface area contributed by atoms with Crippen LogP contribution in [0.2, 0.25) is 0 Å². The molecule has 94 valence electrons. The largest absolute Gasteiger partial charge is 0.314 e. The summed E-state index contributed by atoms with van der Waals surface area (Å²) in [6.07, 6.45) is 6.58. The molecule has 0 radical (unpaired) electrons. The molecule has 0 saturated carbocycles. The normalized spacial score (nSPS) is 20.1. The summed E-state index contributed by atoms with van der Waals surface area (Å²) in [5.74, 6) is 0. The Labute approximate surface area is 109 Å². The summed E-state index contributed by atoms with van der Waals surface area (Å²) in [5, 5.41) is 6.34. The molecule has 1 aliphatic heterocycles. The molecule has 18 heavy (non-hydrogen) atoms. The first-order chi connectivity index (χ1) is 8.92. The molecule has 0 aliphatic carbocycles. The molecule has 1 aliphatic rings. The van der Waals surface area contributed by atoms with Crippen LogP contribution in [0.3, 0.4) is 0 Å². The fraction of sp³-hybridized carbons (Fsp3) is 0.412. The number of aryl methyl sites for hydroxylation is 1. The zero-order valence-electron chi connectivity index (χ0n) is 10.9. The maximum Gasteiger partial charge on any atom is 0.00702 e. The Balaban J connectivity index is 1.66. The minimum absolute atomic E-state index is 0.741. The quantitative estimate of drug-likeness (QED) is 0.856. The molecular weight excluding hydrogens is 218 g/mol. The first-order valence-electron chi connectivity index (χ1n) is 7.13. The van der Waals surface area contributed by atoms with E-state index in [9.17, 15) is 0 Å². The summed E-state index contributed by atoms with van der Waals surface area (Å²) in [7, 11) is 0. The monoisotopic (exact) mass is 239 g/mol. The summed E-state index contributed by atoms with van der Waals surface area (Å²) in [5.41, 5.74) is 1.47. The van der Waals surface area contributed by atoms with E-state index in [1.165, 1.54) is 55.0 Å². The van der Waals surface area contributed by atoms with Crippen LogP contribution >= 0.6 is 0 Å². The molecule has 0 bridgehead atoms. The topological polar surface area (TPSA) is 12.0 Å². The number of piperidine rings is 1. The molecule has 2 aromatic rings. The fourth-order valence-corrected chi connectivity index (χ4v) is 2.91. The van der Waals surface area contributed by atoms with Crippen molar-refractivity contribution >= 4 is 10.8 Å². The number of hydrogen-bond acceptors (Lipinski definition) is 1. The number of benzene rings is 2. The van der Waals surface area contributed by atoms with Crippen LogP contribution in [-0.2, 0) is 6.42 Å². The van der Waals surface area contributed by atoms with Gasteiger partial charge in [0.1, 0.15) is 0 Å². The third-order valence-electron chi connectivity index (χ3n) is 4.01. The minimum Gasteiger partial charge on any atom is -0.314 e. The predicted molar refractivity (Wildman–Crippen MR) is 77.9 cm³/mol. The second kappa shape index (κ2) is 5.53. The second-order valence-corrected chi connectivity index (χ2v) is 5.37. The van der Waals surface area contributed by atoms with Crippen molar-refractivity contribution < 1.29 is 0 Å². The Morgan fingerprint density at radius 3 is 2.72 bits per heavy atom. The zero-order valence-corrected chi connectivity index (χ0v) is 10.9. The van der Waals surface area contributed by atoms with Gasteiger partial charge < -0.3 is 5.32 Å². The standard InChI is InChI=1S/C17H21N/c1-2-6-16-13-14(8-10-15(16)5-1)9-11-17-7-3-4-12-18-17/h1-2,5-6,8,10,13,17-18H,3-4,7,9,11-12H2. The maximum absolute atomic E-state index is 3.63.